The summed E-state index contributed by atoms with van der Waals surface area (Å²) < 4.78 is 11.4. The molecule has 192 valence electrons. The highest BCUT2D eigenvalue weighted by Crippen LogP contribution is 2.40. The zero-order chi connectivity index (χ0) is 23.9. The van der Waals surface area contributed by atoms with Gasteiger partial charge in [-0.25, -0.2) is 4.57 Å². The summed E-state index contributed by atoms with van der Waals surface area (Å²) in [4.78, 5) is 35.2. The number of aliphatic carboxylic acids is 1. The normalized spacial score (nSPS) is 12.0. The summed E-state index contributed by atoms with van der Waals surface area (Å²) in [6.07, 6.45) is 22.1. The number of nitrogens with zero attached hydrogens (tertiary/aromatic N) is 1. The zero-order valence-corrected chi connectivity index (χ0v) is 21.4. The van der Waals surface area contributed by atoms with Crippen LogP contribution in [-0.4, -0.2) is 38.8 Å². The van der Waals surface area contributed by atoms with E-state index in [9.17, 15) is 19.1 Å². The summed E-state index contributed by atoms with van der Waals surface area (Å²) in [6, 6.07) is 0. The van der Waals surface area contributed by atoms with E-state index >= 15 is 0 Å². The molecular weight excluding hydrogens is 429 g/mol. The van der Waals surface area contributed by atoms with Crippen LogP contribution >= 0.6 is 7.75 Å². The average Bonchev–Trinajstić information content (AvgIpc) is 2.73. The van der Waals surface area contributed by atoms with Crippen LogP contribution < -0.4 is 0 Å². The molecule has 0 saturated carbocycles. The first kappa shape index (κ1) is 31.5. The lowest BCUT2D eigenvalue weighted by Crippen LogP contribution is -2.22. The van der Waals surface area contributed by atoms with Crippen molar-refractivity contribution in [1.29, 1.82) is 0 Å². The van der Waals surface area contributed by atoms with Crippen molar-refractivity contribution < 1.29 is 29.1 Å². The van der Waals surface area contributed by atoms with Gasteiger partial charge in [0.25, 0.3) is 0 Å². The minimum absolute atomic E-state index is 0.290. The zero-order valence-electron chi connectivity index (χ0n) is 20.5. The fourth-order valence-corrected chi connectivity index (χ4v) is 4.39. The molecular formula is C24H50NO6P. The summed E-state index contributed by atoms with van der Waals surface area (Å²) in [5, 5.41) is 8.59. The van der Waals surface area contributed by atoms with Gasteiger partial charge in [0.2, 0.25) is 0 Å². The van der Waals surface area contributed by atoms with Crippen molar-refractivity contribution in [2.24, 2.45) is 0 Å². The van der Waals surface area contributed by atoms with E-state index in [1.807, 2.05) is 6.92 Å². The SMILES string of the molecule is CCCCON(CCCCCCCCCCCCCCCCCCCC(=O)O)P(=O)(O)O. The molecule has 0 fully saturated rings. The summed E-state index contributed by atoms with van der Waals surface area (Å²) in [5.74, 6) is -0.679. The second-order valence-electron chi connectivity index (χ2n) is 8.93. The number of hydrogen-bond donors (Lipinski definition) is 3. The van der Waals surface area contributed by atoms with Gasteiger partial charge >= 0.3 is 13.7 Å². The van der Waals surface area contributed by atoms with Crippen LogP contribution in [0.3, 0.4) is 0 Å². The highest BCUT2D eigenvalue weighted by Gasteiger charge is 2.25. The molecule has 0 aliphatic rings. The molecule has 0 rings (SSSR count). The van der Waals surface area contributed by atoms with Crippen molar-refractivity contribution in [3.8, 4) is 0 Å². The lowest BCUT2D eigenvalue weighted by atomic mass is 10.0. The third-order valence-corrected chi connectivity index (χ3v) is 6.67. The largest absolute Gasteiger partial charge is 0.481 e. The third kappa shape index (κ3) is 22.7. The standard InChI is InChI=1S/C24H50NO6P/c1-2-3-23-31-25(32(28,29)30)22-20-18-16-14-12-10-8-6-4-5-7-9-11-13-15-17-19-21-24(26)27/h2-23H2,1H3,(H,26,27)(H2,28,29,30). The number of carboxylic acids is 1. The van der Waals surface area contributed by atoms with Crippen LogP contribution in [0.5, 0.6) is 0 Å². The summed E-state index contributed by atoms with van der Waals surface area (Å²) >= 11 is 0. The van der Waals surface area contributed by atoms with Crippen molar-refractivity contribution in [3.05, 3.63) is 0 Å². The minimum atomic E-state index is -4.32. The van der Waals surface area contributed by atoms with Gasteiger partial charge in [-0.3, -0.25) is 9.63 Å². The lowest BCUT2D eigenvalue weighted by molar-refractivity contribution is -0.137. The van der Waals surface area contributed by atoms with Crippen LogP contribution in [-0.2, 0) is 14.2 Å². The van der Waals surface area contributed by atoms with Gasteiger partial charge in [-0.2, -0.15) is 0 Å². The van der Waals surface area contributed by atoms with Crippen molar-refractivity contribution in [1.82, 2.24) is 4.83 Å². The highest BCUT2D eigenvalue weighted by molar-refractivity contribution is 7.48. The van der Waals surface area contributed by atoms with Crippen LogP contribution in [0.4, 0.5) is 0 Å². The van der Waals surface area contributed by atoms with Crippen molar-refractivity contribution in [2.75, 3.05) is 13.2 Å². The molecule has 0 saturated heterocycles. The van der Waals surface area contributed by atoms with E-state index in [1.54, 1.807) is 0 Å². The molecule has 0 aromatic rings. The van der Waals surface area contributed by atoms with Gasteiger partial charge in [-0.1, -0.05) is 114 Å². The molecule has 0 aromatic carbocycles. The summed E-state index contributed by atoms with van der Waals surface area (Å²) in [6.45, 7) is 2.67. The Morgan fingerprint density at radius 2 is 1.06 bits per heavy atom. The van der Waals surface area contributed by atoms with Gasteiger partial charge < -0.3 is 14.9 Å². The Balaban J connectivity index is 3.33. The van der Waals surface area contributed by atoms with E-state index in [4.69, 9.17) is 9.94 Å². The van der Waals surface area contributed by atoms with Crippen LogP contribution in [0, 0.1) is 0 Å². The monoisotopic (exact) mass is 479 g/mol. The van der Waals surface area contributed by atoms with Gasteiger partial charge in [-0.05, 0) is 19.3 Å². The van der Waals surface area contributed by atoms with E-state index in [2.05, 4.69) is 0 Å². The third-order valence-electron chi connectivity index (χ3n) is 5.77. The molecule has 7 nitrogen and oxygen atoms in total. The Kier molecular flexibility index (Phi) is 22.0. The van der Waals surface area contributed by atoms with Crippen LogP contribution in [0.15, 0.2) is 0 Å². The molecule has 0 aromatic heterocycles. The van der Waals surface area contributed by atoms with Gasteiger partial charge in [0.1, 0.15) is 0 Å². The maximum atomic E-state index is 11.4. The van der Waals surface area contributed by atoms with Gasteiger partial charge in [-0.15, -0.1) is 0 Å². The fourth-order valence-electron chi connectivity index (χ4n) is 3.76. The second kappa shape index (κ2) is 22.3. The number of hydroxylamine groups is 1. The number of rotatable bonds is 25. The smallest absolute Gasteiger partial charge is 0.426 e. The Hall–Kier alpha value is -0.460. The van der Waals surface area contributed by atoms with Crippen molar-refractivity contribution in [2.45, 2.75) is 135 Å². The van der Waals surface area contributed by atoms with Crippen LogP contribution in [0.2, 0.25) is 0 Å². The summed E-state index contributed by atoms with van der Waals surface area (Å²) in [5.41, 5.74) is 0. The van der Waals surface area contributed by atoms with E-state index < -0.39 is 13.7 Å². The predicted octanol–water partition coefficient (Wildman–Crippen LogP) is 7.22. The molecule has 0 unspecified atom stereocenters. The van der Waals surface area contributed by atoms with Crippen molar-refractivity contribution >= 4 is 13.7 Å². The molecule has 0 heterocycles. The molecule has 32 heavy (non-hydrogen) atoms. The molecule has 0 atom stereocenters. The molecule has 0 bridgehead atoms. The number of hydrogen-bond acceptors (Lipinski definition) is 3. The molecule has 3 N–H and O–H groups in total. The van der Waals surface area contributed by atoms with Crippen LogP contribution in [0.25, 0.3) is 0 Å². The van der Waals surface area contributed by atoms with E-state index in [0.29, 0.717) is 19.6 Å². The number of carbonyl (C=O) groups is 1. The Labute approximate surface area is 196 Å². The first-order chi connectivity index (χ1) is 15.4. The summed E-state index contributed by atoms with van der Waals surface area (Å²) in [7, 11) is -4.32. The average molecular weight is 480 g/mol. The topological polar surface area (TPSA) is 107 Å². The number of carboxylic acid groups (broad SMARTS) is 1. The van der Waals surface area contributed by atoms with E-state index in [0.717, 1.165) is 49.8 Å². The molecule has 0 amide bonds. The van der Waals surface area contributed by atoms with E-state index in [1.165, 1.54) is 77.0 Å². The molecule has 8 heteroatoms. The predicted molar refractivity (Wildman–Crippen MR) is 130 cm³/mol. The fraction of sp³-hybridized carbons (Fsp3) is 0.958. The highest BCUT2D eigenvalue weighted by atomic mass is 31.2. The Morgan fingerprint density at radius 1 is 0.688 bits per heavy atom. The Bertz CT molecular complexity index is 471. The number of unbranched alkanes of at least 4 members (excludes halogenated alkanes) is 17. The second-order valence-corrected chi connectivity index (χ2v) is 10.4. The molecule has 0 aliphatic carbocycles. The lowest BCUT2D eigenvalue weighted by Gasteiger charge is -2.22. The molecule has 0 spiro atoms. The van der Waals surface area contributed by atoms with Crippen LogP contribution in [0.1, 0.15) is 135 Å². The quantitative estimate of drug-likeness (QED) is 0.0720. The first-order valence-electron chi connectivity index (χ1n) is 13.1. The first-order valence-corrected chi connectivity index (χ1v) is 14.6. The van der Waals surface area contributed by atoms with E-state index in [-0.39, 0.29) is 0 Å². The Morgan fingerprint density at radius 3 is 1.41 bits per heavy atom. The van der Waals surface area contributed by atoms with Gasteiger partial charge in [0, 0.05) is 13.0 Å². The molecule has 0 aliphatic heterocycles. The van der Waals surface area contributed by atoms with Crippen molar-refractivity contribution in [3.63, 3.8) is 0 Å². The minimum Gasteiger partial charge on any atom is -0.481 e. The van der Waals surface area contributed by atoms with Gasteiger partial charge in [0.15, 0.2) is 0 Å². The maximum Gasteiger partial charge on any atom is 0.426 e. The maximum absolute atomic E-state index is 11.4. The molecule has 0 radical (unpaired) electrons. The van der Waals surface area contributed by atoms with Gasteiger partial charge in [0.05, 0.1) is 6.61 Å².